The molecule has 1 heterocycles. The van der Waals surface area contributed by atoms with E-state index in [0.29, 0.717) is 13.2 Å². The van der Waals surface area contributed by atoms with Crippen molar-refractivity contribution in [1.82, 2.24) is 4.90 Å². The van der Waals surface area contributed by atoms with Crippen LogP contribution in [0.2, 0.25) is 0 Å². The van der Waals surface area contributed by atoms with E-state index in [4.69, 9.17) is 9.15 Å². The van der Waals surface area contributed by atoms with Crippen molar-refractivity contribution in [3.05, 3.63) is 24.2 Å². The van der Waals surface area contributed by atoms with E-state index in [1.807, 2.05) is 13.8 Å². The first-order valence-electron chi connectivity index (χ1n) is 6.03. The van der Waals surface area contributed by atoms with Crippen molar-refractivity contribution in [3.63, 3.8) is 0 Å². The maximum atomic E-state index is 12.1. The number of furan rings is 1. The van der Waals surface area contributed by atoms with Crippen LogP contribution in [0.4, 0.5) is 0 Å². The minimum absolute atomic E-state index is 0.0500. The van der Waals surface area contributed by atoms with Crippen LogP contribution >= 0.6 is 0 Å². The van der Waals surface area contributed by atoms with Gasteiger partial charge in [-0.15, -0.1) is 0 Å². The summed E-state index contributed by atoms with van der Waals surface area (Å²) in [5.74, 6) is -0.196. The summed E-state index contributed by atoms with van der Waals surface area (Å²) < 4.78 is 9.91. The number of ether oxygens (including phenoxy) is 1. The zero-order valence-electron chi connectivity index (χ0n) is 11.0. The first kappa shape index (κ1) is 14.3. The molecule has 0 aromatic carbocycles. The largest absolute Gasteiger partial charge is 0.465 e. The first-order chi connectivity index (χ1) is 8.54. The lowest BCUT2D eigenvalue weighted by Crippen LogP contribution is -2.38. The number of hydrogen-bond donors (Lipinski definition) is 0. The second-order valence-electron chi connectivity index (χ2n) is 4.36. The van der Waals surface area contributed by atoms with E-state index in [1.54, 1.807) is 19.1 Å². The molecule has 0 fully saturated rings. The van der Waals surface area contributed by atoms with E-state index in [9.17, 15) is 9.59 Å². The van der Waals surface area contributed by atoms with Gasteiger partial charge < -0.3 is 14.1 Å². The Morgan fingerprint density at radius 3 is 2.67 bits per heavy atom. The summed E-state index contributed by atoms with van der Waals surface area (Å²) in [6.07, 6.45) is 1.44. The highest BCUT2D eigenvalue weighted by Gasteiger charge is 2.22. The van der Waals surface area contributed by atoms with Gasteiger partial charge in [-0.1, -0.05) is 13.8 Å². The molecule has 0 saturated carbocycles. The van der Waals surface area contributed by atoms with Gasteiger partial charge in [-0.3, -0.25) is 9.59 Å². The molecule has 5 heteroatoms. The van der Waals surface area contributed by atoms with Crippen LogP contribution in [-0.2, 0) is 9.53 Å². The number of rotatable bonds is 6. The monoisotopic (exact) mass is 253 g/mol. The van der Waals surface area contributed by atoms with E-state index < -0.39 is 5.97 Å². The third kappa shape index (κ3) is 4.24. The highest BCUT2D eigenvalue weighted by Crippen LogP contribution is 2.08. The molecule has 100 valence electrons. The molecule has 18 heavy (non-hydrogen) atoms. The lowest BCUT2D eigenvalue weighted by atomic mass is 10.2. The molecule has 0 saturated heterocycles. The van der Waals surface area contributed by atoms with Crippen molar-refractivity contribution in [2.45, 2.75) is 20.8 Å². The van der Waals surface area contributed by atoms with Gasteiger partial charge >= 0.3 is 5.97 Å². The van der Waals surface area contributed by atoms with Crippen LogP contribution in [0.5, 0.6) is 0 Å². The van der Waals surface area contributed by atoms with Gasteiger partial charge in [0.2, 0.25) is 0 Å². The van der Waals surface area contributed by atoms with Crippen LogP contribution in [0.15, 0.2) is 22.8 Å². The van der Waals surface area contributed by atoms with Gasteiger partial charge in [-0.2, -0.15) is 0 Å². The molecular formula is C13H19NO4. The Balaban J connectivity index is 2.71. The molecule has 0 radical (unpaired) electrons. The minimum atomic E-state index is -0.405. The van der Waals surface area contributed by atoms with Crippen LogP contribution < -0.4 is 0 Å². The molecule has 0 spiro atoms. The normalized spacial score (nSPS) is 10.4. The Morgan fingerprint density at radius 1 is 1.44 bits per heavy atom. The van der Waals surface area contributed by atoms with Crippen molar-refractivity contribution < 1.29 is 18.7 Å². The fourth-order valence-corrected chi connectivity index (χ4v) is 1.58. The van der Waals surface area contributed by atoms with E-state index in [0.717, 1.165) is 0 Å². The summed E-state index contributed by atoms with van der Waals surface area (Å²) in [7, 11) is 0. The van der Waals surface area contributed by atoms with Crippen LogP contribution in [-0.4, -0.2) is 36.5 Å². The first-order valence-corrected chi connectivity index (χ1v) is 6.03. The standard InChI is InChI=1S/C13H19NO4/c1-4-17-12(15)9-14(8-10(2)3)13(16)11-6-5-7-18-11/h5-7,10H,4,8-9H2,1-3H3. The minimum Gasteiger partial charge on any atom is -0.465 e. The Kier molecular flexibility index (Phi) is 5.42. The number of carbonyl (C=O) groups is 2. The van der Waals surface area contributed by atoms with Crippen molar-refractivity contribution in [1.29, 1.82) is 0 Å². The molecule has 5 nitrogen and oxygen atoms in total. The van der Waals surface area contributed by atoms with Gasteiger partial charge in [0, 0.05) is 6.54 Å². The molecule has 0 atom stereocenters. The highest BCUT2D eigenvalue weighted by atomic mass is 16.5. The third-order valence-electron chi connectivity index (χ3n) is 2.23. The molecule has 1 aromatic heterocycles. The number of nitrogens with zero attached hydrogens (tertiary/aromatic N) is 1. The van der Waals surface area contributed by atoms with Crippen LogP contribution in [0.3, 0.4) is 0 Å². The maximum absolute atomic E-state index is 12.1. The molecular weight excluding hydrogens is 234 g/mol. The van der Waals surface area contributed by atoms with Gasteiger partial charge in [0.1, 0.15) is 6.54 Å². The van der Waals surface area contributed by atoms with Crippen LogP contribution in [0.1, 0.15) is 31.3 Å². The number of carbonyl (C=O) groups excluding carboxylic acids is 2. The lowest BCUT2D eigenvalue weighted by Gasteiger charge is -2.22. The van der Waals surface area contributed by atoms with Crippen molar-refractivity contribution in [2.24, 2.45) is 5.92 Å². The average molecular weight is 253 g/mol. The van der Waals surface area contributed by atoms with E-state index in [2.05, 4.69) is 0 Å². The molecule has 0 aliphatic carbocycles. The van der Waals surface area contributed by atoms with Crippen LogP contribution in [0.25, 0.3) is 0 Å². The van der Waals surface area contributed by atoms with Gasteiger partial charge in [0.25, 0.3) is 5.91 Å². The average Bonchev–Trinajstić information content (AvgIpc) is 2.80. The summed E-state index contributed by atoms with van der Waals surface area (Å²) in [6.45, 7) is 6.44. The summed E-state index contributed by atoms with van der Waals surface area (Å²) in [6, 6.07) is 3.23. The third-order valence-corrected chi connectivity index (χ3v) is 2.23. The van der Waals surface area contributed by atoms with Crippen molar-refractivity contribution in [2.75, 3.05) is 19.7 Å². The van der Waals surface area contributed by atoms with Crippen LogP contribution in [0, 0.1) is 5.92 Å². The summed E-state index contributed by atoms with van der Waals surface area (Å²) in [5.41, 5.74) is 0. The summed E-state index contributed by atoms with van der Waals surface area (Å²) in [5, 5.41) is 0. The quantitative estimate of drug-likeness (QED) is 0.727. The molecule has 0 N–H and O–H groups in total. The van der Waals surface area contributed by atoms with Gasteiger partial charge in [-0.05, 0) is 25.0 Å². The maximum Gasteiger partial charge on any atom is 0.325 e. The SMILES string of the molecule is CCOC(=O)CN(CC(C)C)C(=O)c1ccco1. The Labute approximate surface area is 107 Å². The van der Waals surface area contributed by atoms with E-state index in [-0.39, 0.29) is 24.1 Å². The fraction of sp³-hybridized carbons (Fsp3) is 0.538. The Morgan fingerprint density at radius 2 is 2.17 bits per heavy atom. The fourth-order valence-electron chi connectivity index (χ4n) is 1.58. The zero-order chi connectivity index (χ0) is 13.5. The molecule has 1 amide bonds. The molecule has 1 rings (SSSR count). The van der Waals surface area contributed by atoms with Gasteiger partial charge in [0.05, 0.1) is 12.9 Å². The topological polar surface area (TPSA) is 59.8 Å². The Bertz CT molecular complexity index is 384. The molecule has 0 aliphatic heterocycles. The second-order valence-corrected chi connectivity index (χ2v) is 4.36. The Hall–Kier alpha value is -1.78. The lowest BCUT2D eigenvalue weighted by molar-refractivity contribution is -0.143. The van der Waals surface area contributed by atoms with Gasteiger partial charge in [0.15, 0.2) is 5.76 Å². The van der Waals surface area contributed by atoms with E-state index >= 15 is 0 Å². The highest BCUT2D eigenvalue weighted by molar-refractivity contribution is 5.93. The number of esters is 1. The molecule has 0 aliphatic rings. The van der Waals surface area contributed by atoms with Crippen molar-refractivity contribution >= 4 is 11.9 Å². The zero-order valence-corrected chi connectivity index (χ0v) is 11.0. The molecule has 0 bridgehead atoms. The predicted octanol–water partition coefficient (Wildman–Crippen LogP) is 1.94. The molecule has 1 aromatic rings. The second kappa shape index (κ2) is 6.83. The number of hydrogen-bond acceptors (Lipinski definition) is 4. The summed E-state index contributed by atoms with van der Waals surface area (Å²) in [4.78, 5) is 25.0. The van der Waals surface area contributed by atoms with Gasteiger partial charge in [-0.25, -0.2) is 0 Å². The summed E-state index contributed by atoms with van der Waals surface area (Å²) >= 11 is 0. The predicted molar refractivity (Wildman–Crippen MR) is 66.1 cm³/mol. The van der Waals surface area contributed by atoms with E-state index in [1.165, 1.54) is 11.2 Å². The number of amides is 1. The van der Waals surface area contributed by atoms with Crippen molar-refractivity contribution in [3.8, 4) is 0 Å². The molecule has 0 unspecified atom stereocenters. The smallest absolute Gasteiger partial charge is 0.325 e.